The zero-order chi connectivity index (χ0) is 12.8. The Morgan fingerprint density at radius 1 is 1.17 bits per heavy atom. The molecule has 2 aromatic rings. The molecule has 1 aromatic carbocycles. The van der Waals surface area contributed by atoms with E-state index in [1.807, 2.05) is 18.2 Å². The molecule has 1 heterocycles. The first-order valence-electron chi connectivity index (χ1n) is 6.30. The van der Waals surface area contributed by atoms with Gasteiger partial charge in [-0.15, -0.1) is 0 Å². The van der Waals surface area contributed by atoms with Crippen molar-refractivity contribution >= 4 is 0 Å². The van der Waals surface area contributed by atoms with Crippen molar-refractivity contribution in [2.75, 3.05) is 13.7 Å². The highest BCUT2D eigenvalue weighted by molar-refractivity contribution is 5.33. The summed E-state index contributed by atoms with van der Waals surface area (Å²) in [5.74, 6) is 0.965. The maximum absolute atomic E-state index is 5.55. The molecule has 0 atom stereocenters. The number of para-hydroxylation sites is 1. The predicted molar refractivity (Wildman–Crippen MR) is 73.9 cm³/mol. The van der Waals surface area contributed by atoms with Crippen molar-refractivity contribution in [1.82, 2.24) is 4.57 Å². The van der Waals surface area contributed by atoms with Crippen LogP contribution in [-0.2, 0) is 19.4 Å². The summed E-state index contributed by atoms with van der Waals surface area (Å²) in [7, 11) is 1.72. The number of ether oxygens (including phenoxy) is 1. The van der Waals surface area contributed by atoms with Gasteiger partial charge in [0.25, 0.3) is 0 Å². The number of rotatable bonds is 6. The molecule has 0 aliphatic rings. The second kappa shape index (κ2) is 6.26. The second-order valence-electron chi connectivity index (χ2n) is 4.36. The van der Waals surface area contributed by atoms with Gasteiger partial charge in [-0.1, -0.05) is 18.2 Å². The van der Waals surface area contributed by atoms with E-state index in [2.05, 4.69) is 29.1 Å². The van der Waals surface area contributed by atoms with Crippen LogP contribution in [0.2, 0.25) is 0 Å². The van der Waals surface area contributed by atoms with Gasteiger partial charge in [-0.2, -0.15) is 0 Å². The van der Waals surface area contributed by atoms with Gasteiger partial charge in [0.05, 0.1) is 7.11 Å². The molecule has 96 valence electrons. The lowest BCUT2D eigenvalue weighted by molar-refractivity contribution is 0.408. The van der Waals surface area contributed by atoms with Gasteiger partial charge in [-0.3, -0.25) is 0 Å². The topological polar surface area (TPSA) is 40.2 Å². The van der Waals surface area contributed by atoms with Crippen molar-refractivity contribution in [3.8, 4) is 5.75 Å². The number of nitrogens with zero attached hydrogens (tertiary/aromatic N) is 1. The first kappa shape index (κ1) is 12.7. The van der Waals surface area contributed by atoms with Crippen LogP contribution >= 0.6 is 0 Å². The monoisotopic (exact) mass is 244 g/mol. The van der Waals surface area contributed by atoms with Gasteiger partial charge < -0.3 is 15.0 Å². The smallest absolute Gasteiger partial charge is 0.122 e. The molecule has 0 amide bonds. The highest BCUT2D eigenvalue weighted by atomic mass is 16.5. The van der Waals surface area contributed by atoms with Gasteiger partial charge in [0.15, 0.2) is 0 Å². The van der Waals surface area contributed by atoms with Crippen LogP contribution in [-0.4, -0.2) is 18.2 Å². The molecule has 3 heteroatoms. The average molecular weight is 244 g/mol. The molecule has 2 N–H and O–H groups in total. The maximum atomic E-state index is 5.55. The van der Waals surface area contributed by atoms with Crippen molar-refractivity contribution < 1.29 is 4.74 Å². The van der Waals surface area contributed by atoms with Gasteiger partial charge in [0.2, 0.25) is 0 Å². The molecule has 0 unspecified atom stereocenters. The van der Waals surface area contributed by atoms with Crippen LogP contribution in [0.15, 0.2) is 42.7 Å². The summed E-state index contributed by atoms with van der Waals surface area (Å²) in [5.41, 5.74) is 8.09. The molecule has 0 spiro atoms. The summed E-state index contributed by atoms with van der Waals surface area (Å²) in [4.78, 5) is 0. The molecule has 0 aliphatic carbocycles. The summed E-state index contributed by atoms with van der Waals surface area (Å²) in [5, 5.41) is 0. The van der Waals surface area contributed by atoms with Crippen molar-refractivity contribution in [2.45, 2.75) is 19.4 Å². The van der Waals surface area contributed by atoms with Crippen LogP contribution in [0.5, 0.6) is 5.75 Å². The zero-order valence-electron chi connectivity index (χ0n) is 10.8. The molecule has 2 rings (SSSR count). The van der Waals surface area contributed by atoms with E-state index in [9.17, 15) is 0 Å². The van der Waals surface area contributed by atoms with Crippen molar-refractivity contribution in [1.29, 1.82) is 0 Å². The molecule has 3 nitrogen and oxygen atoms in total. The Balaban J connectivity index is 1.97. The minimum Gasteiger partial charge on any atom is -0.496 e. The summed E-state index contributed by atoms with van der Waals surface area (Å²) < 4.78 is 7.56. The molecule has 18 heavy (non-hydrogen) atoms. The quantitative estimate of drug-likeness (QED) is 0.846. The van der Waals surface area contributed by atoms with E-state index in [-0.39, 0.29) is 0 Å². The Bertz CT molecular complexity index is 491. The van der Waals surface area contributed by atoms with E-state index in [1.54, 1.807) is 7.11 Å². The number of benzene rings is 1. The zero-order valence-corrected chi connectivity index (χ0v) is 10.8. The minimum atomic E-state index is 0.705. The first-order chi connectivity index (χ1) is 8.83. The van der Waals surface area contributed by atoms with Gasteiger partial charge in [-0.25, -0.2) is 0 Å². The van der Waals surface area contributed by atoms with Crippen LogP contribution in [0.25, 0.3) is 0 Å². The molecule has 0 fully saturated rings. The summed E-state index contributed by atoms with van der Waals surface area (Å²) >= 11 is 0. The van der Waals surface area contributed by atoms with E-state index >= 15 is 0 Å². The van der Waals surface area contributed by atoms with Crippen molar-refractivity contribution in [2.24, 2.45) is 5.73 Å². The van der Waals surface area contributed by atoms with E-state index in [0.29, 0.717) is 6.54 Å². The van der Waals surface area contributed by atoms with Crippen LogP contribution in [0.3, 0.4) is 0 Å². The summed E-state index contributed by atoms with van der Waals surface area (Å²) in [6.45, 7) is 1.67. The number of nitrogens with two attached hydrogens (primary N) is 1. The minimum absolute atomic E-state index is 0.705. The molecular formula is C15H20N2O. The van der Waals surface area contributed by atoms with Crippen LogP contribution in [0.1, 0.15) is 11.1 Å². The fourth-order valence-electron chi connectivity index (χ4n) is 2.10. The summed E-state index contributed by atoms with van der Waals surface area (Å²) in [6.07, 6.45) is 6.20. The standard InChI is InChI=1S/C15H20N2O/c1-18-15-5-3-2-4-14(15)8-11-17-10-7-13(12-17)6-9-16/h2-5,7,10,12H,6,8-9,11,16H2,1H3. The van der Waals surface area contributed by atoms with Crippen molar-refractivity contribution in [3.63, 3.8) is 0 Å². The number of aryl methyl sites for hydroxylation is 2. The molecule has 0 bridgehead atoms. The highest BCUT2D eigenvalue weighted by Gasteiger charge is 2.02. The molecule has 1 aromatic heterocycles. The molecule has 0 radical (unpaired) electrons. The molecule has 0 saturated carbocycles. The Kier molecular flexibility index (Phi) is 4.42. The molecule has 0 saturated heterocycles. The fourth-order valence-corrected chi connectivity index (χ4v) is 2.10. The Hall–Kier alpha value is -1.74. The Morgan fingerprint density at radius 3 is 2.78 bits per heavy atom. The van der Waals surface area contributed by atoms with Gasteiger partial charge >= 0.3 is 0 Å². The van der Waals surface area contributed by atoms with Crippen LogP contribution in [0.4, 0.5) is 0 Å². The average Bonchev–Trinajstić information content (AvgIpc) is 2.85. The maximum Gasteiger partial charge on any atom is 0.122 e. The lowest BCUT2D eigenvalue weighted by Gasteiger charge is -2.08. The number of hydrogen-bond donors (Lipinski definition) is 1. The Labute approximate surface area is 108 Å². The predicted octanol–water partition coefficient (Wildman–Crippen LogP) is 2.24. The van der Waals surface area contributed by atoms with E-state index < -0.39 is 0 Å². The number of hydrogen-bond acceptors (Lipinski definition) is 2. The van der Waals surface area contributed by atoms with Crippen LogP contribution < -0.4 is 10.5 Å². The van der Waals surface area contributed by atoms with E-state index in [0.717, 1.165) is 25.1 Å². The number of aromatic nitrogens is 1. The number of methoxy groups -OCH3 is 1. The third kappa shape index (κ3) is 3.14. The normalized spacial score (nSPS) is 10.6. The van der Waals surface area contributed by atoms with Crippen molar-refractivity contribution in [3.05, 3.63) is 53.9 Å². The summed E-state index contributed by atoms with van der Waals surface area (Å²) in [6, 6.07) is 10.3. The van der Waals surface area contributed by atoms with E-state index in [1.165, 1.54) is 11.1 Å². The first-order valence-corrected chi connectivity index (χ1v) is 6.30. The molecular weight excluding hydrogens is 224 g/mol. The fraction of sp³-hybridized carbons (Fsp3) is 0.333. The SMILES string of the molecule is COc1ccccc1CCn1ccc(CCN)c1. The lowest BCUT2D eigenvalue weighted by Crippen LogP contribution is -2.03. The van der Waals surface area contributed by atoms with Gasteiger partial charge in [-0.05, 0) is 42.6 Å². The largest absolute Gasteiger partial charge is 0.496 e. The van der Waals surface area contributed by atoms with E-state index in [4.69, 9.17) is 10.5 Å². The molecule has 0 aliphatic heterocycles. The van der Waals surface area contributed by atoms with Gasteiger partial charge in [0.1, 0.15) is 5.75 Å². The lowest BCUT2D eigenvalue weighted by atomic mass is 10.1. The van der Waals surface area contributed by atoms with Gasteiger partial charge in [0, 0.05) is 18.9 Å². The third-order valence-electron chi connectivity index (χ3n) is 3.08. The second-order valence-corrected chi connectivity index (χ2v) is 4.36. The Morgan fingerprint density at radius 2 is 2.00 bits per heavy atom. The highest BCUT2D eigenvalue weighted by Crippen LogP contribution is 2.18. The third-order valence-corrected chi connectivity index (χ3v) is 3.08. The van der Waals surface area contributed by atoms with Crippen LogP contribution in [0, 0.1) is 0 Å².